The first-order chi connectivity index (χ1) is 12.7. The molecule has 0 atom stereocenters. The molecular weight excluding hydrogens is 363 g/mol. The maximum Gasteiger partial charge on any atom is 0.0796 e. The number of fused-ring (bicyclic) bond motifs is 9. The van der Waals surface area contributed by atoms with Crippen molar-refractivity contribution in [3.8, 4) is 22.3 Å². The molecule has 2 aliphatic rings. The zero-order valence-corrected chi connectivity index (χ0v) is 14.9. The molecule has 0 aliphatic carbocycles. The Morgan fingerprint density at radius 2 is 1.27 bits per heavy atom. The van der Waals surface area contributed by atoms with Crippen molar-refractivity contribution in [1.29, 1.82) is 0 Å². The van der Waals surface area contributed by atoms with Gasteiger partial charge in [0.05, 0.1) is 32.1 Å². The predicted molar refractivity (Wildman–Crippen MR) is 106 cm³/mol. The molecule has 2 nitrogen and oxygen atoms in total. The topological polar surface area (TPSA) is 24.7 Å². The Hall–Kier alpha value is -2.68. The Balaban J connectivity index is 1.73. The van der Waals surface area contributed by atoms with Gasteiger partial charge in [0.15, 0.2) is 0 Å². The van der Waals surface area contributed by atoms with Crippen molar-refractivity contribution in [3.05, 3.63) is 81.4 Å². The summed E-state index contributed by atoms with van der Waals surface area (Å²) >= 11 is 12.7. The van der Waals surface area contributed by atoms with Gasteiger partial charge in [0.25, 0.3) is 0 Å². The van der Waals surface area contributed by atoms with Gasteiger partial charge in [-0.1, -0.05) is 65.7 Å². The fourth-order valence-corrected chi connectivity index (χ4v) is 4.38. The first kappa shape index (κ1) is 14.5. The van der Waals surface area contributed by atoms with Gasteiger partial charge in [0.1, 0.15) is 0 Å². The van der Waals surface area contributed by atoms with Gasteiger partial charge < -0.3 is 0 Å². The van der Waals surface area contributed by atoms with Crippen molar-refractivity contribution in [2.45, 2.75) is 0 Å². The number of hydrogen-bond donors (Lipinski definition) is 0. The minimum absolute atomic E-state index is 0.549. The summed E-state index contributed by atoms with van der Waals surface area (Å²) in [6, 6.07) is 20.4. The molecule has 2 aliphatic heterocycles. The monoisotopic (exact) mass is 372 g/mol. The van der Waals surface area contributed by atoms with Gasteiger partial charge in [-0.3, -0.25) is 0 Å². The van der Waals surface area contributed by atoms with Gasteiger partial charge >= 0.3 is 0 Å². The van der Waals surface area contributed by atoms with E-state index in [-0.39, 0.29) is 0 Å². The van der Waals surface area contributed by atoms with Crippen LogP contribution in [-0.4, -0.2) is 0 Å². The van der Waals surface area contributed by atoms with E-state index in [4.69, 9.17) is 33.2 Å². The van der Waals surface area contributed by atoms with E-state index < -0.39 is 0 Å². The first-order valence-corrected chi connectivity index (χ1v) is 9.09. The summed E-state index contributed by atoms with van der Waals surface area (Å²) in [4.78, 5) is 9.70. The number of halogens is 2. The molecule has 0 fully saturated rings. The van der Waals surface area contributed by atoms with Crippen molar-refractivity contribution in [1.82, 2.24) is 0 Å². The average Bonchev–Trinajstić information content (AvgIpc) is 3.23. The zero-order chi connectivity index (χ0) is 17.4. The number of hydrogen-bond acceptors (Lipinski definition) is 2. The molecular formula is C22H10Cl2N2. The second-order valence-corrected chi connectivity index (χ2v) is 7.30. The molecule has 0 amide bonds. The van der Waals surface area contributed by atoms with Crippen LogP contribution in [0.25, 0.3) is 33.0 Å². The van der Waals surface area contributed by atoms with Crippen molar-refractivity contribution < 1.29 is 0 Å². The summed E-state index contributed by atoms with van der Waals surface area (Å²) in [5.74, 6) is 0. The predicted octanol–water partition coefficient (Wildman–Crippen LogP) is 6.01. The highest BCUT2D eigenvalue weighted by atomic mass is 35.5. The van der Waals surface area contributed by atoms with Gasteiger partial charge in [0, 0.05) is 33.0 Å². The van der Waals surface area contributed by atoms with Gasteiger partial charge in [-0.15, -0.1) is 0 Å². The van der Waals surface area contributed by atoms with Gasteiger partial charge in [0.2, 0.25) is 0 Å². The lowest BCUT2D eigenvalue weighted by molar-refractivity contribution is 1.42. The standard InChI is InChI=1S/C22H10Cl2N2/c23-16-9-10-18-19(20(16)24)15-8-7-13-14(22(15)26-18)6-5-12-11-3-1-2-4-17(11)25-21(12)13/h1-10H. The molecule has 4 aromatic rings. The lowest BCUT2D eigenvalue weighted by Gasteiger charge is -2.06. The van der Waals surface area contributed by atoms with E-state index in [2.05, 4.69) is 36.4 Å². The fraction of sp³-hybridized carbons (Fsp3) is 0. The van der Waals surface area contributed by atoms with Crippen molar-refractivity contribution >= 4 is 45.3 Å². The molecule has 122 valence electrons. The third-order valence-electron chi connectivity index (χ3n) is 5.14. The molecule has 0 radical (unpaired) electrons. The van der Waals surface area contributed by atoms with E-state index in [0.29, 0.717) is 10.0 Å². The lowest BCUT2D eigenvalue weighted by atomic mass is 9.97. The maximum atomic E-state index is 6.46. The van der Waals surface area contributed by atoms with E-state index in [1.54, 1.807) is 6.07 Å². The third kappa shape index (κ3) is 1.73. The Morgan fingerprint density at radius 3 is 2.12 bits per heavy atom. The summed E-state index contributed by atoms with van der Waals surface area (Å²) in [6.45, 7) is 0. The maximum absolute atomic E-state index is 6.46. The summed E-state index contributed by atoms with van der Waals surface area (Å²) in [5, 5.41) is 5.26. The van der Waals surface area contributed by atoms with Crippen LogP contribution in [0.3, 0.4) is 0 Å². The Labute approximate surface area is 159 Å². The largest absolute Gasteiger partial charge is 0.247 e. The Kier molecular flexibility index (Phi) is 2.75. The van der Waals surface area contributed by atoms with E-state index in [9.17, 15) is 0 Å². The smallest absolute Gasteiger partial charge is 0.0796 e. The van der Waals surface area contributed by atoms with Crippen molar-refractivity contribution in [2.24, 2.45) is 9.98 Å². The molecule has 0 unspecified atom stereocenters. The average molecular weight is 373 g/mol. The number of para-hydroxylation sites is 1. The highest BCUT2D eigenvalue weighted by Gasteiger charge is 2.22. The summed E-state index contributed by atoms with van der Waals surface area (Å²) in [6.07, 6.45) is 0. The molecule has 0 spiro atoms. The van der Waals surface area contributed by atoms with Crippen LogP contribution >= 0.6 is 23.2 Å². The summed E-state index contributed by atoms with van der Waals surface area (Å²) in [7, 11) is 0. The quantitative estimate of drug-likeness (QED) is 0.312. The lowest BCUT2D eigenvalue weighted by Crippen LogP contribution is -2.10. The van der Waals surface area contributed by atoms with Crippen molar-refractivity contribution in [2.75, 3.05) is 0 Å². The SMILES string of the molecule is Clc1ccc2c(c1Cl)-c1ccc3c4c(ccc3c1=N2)-c1ccccc1N=4. The number of nitrogens with zero attached hydrogens (tertiary/aromatic N) is 2. The molecule has 0 N–H and O–H groups in total. The highest BCUT2D eigenvalue weighted by molar-refractivity contribution is 6.44. The minimum atomic E-state index is 0.549. The van der Waals surface area contributed by atoms with Crippen LogP contribution in [0.5, 0.6) is 0 Å². The summed E-state index contributed by atoms with van der Waals surface area (Å²) in [5.41, 5.74) is 6.17. The molecule has 0 saturated heterocycles. The molecule has 0 bridgehead atoms. The molecule has 2 heterocycles. The van der Waals surface area contributed by atoms with Crippen molar-refractivity contribution in [3.63, 3.8) is 0 Å². The van der Waals surface area contributed by atoms with Crippen LogP contribution in [0, 0.1) is 0 Å². The molecule has 6 rings (SSSR count). The fourth-order valence-electron chi connectivity index (χ4n) is 3.96. The van der Waals surface area contributed by atoms with E-state index in [1.807, 2.05) is 18.2 Å². The van der Waals surface area contributed by atoms with Crippen LogP contribution < -0.4 is 10.7 Å². The highest BCUT2D eigenvalue weighted by Crippen LogP contribution is 2.43. The van der Waals surface area contributed by atoms with Crippen LogP contribution in [0.2, 0.25) is 10.0 Å². The Bertz CT molecular complexity index is 1400. The molecule has 26 heavy (non-hydrogen) atoms. The third-order valence-corrected chi connectivity index (χ3v) is 5.95. The van der Waals surface area contributed by atoms with Crippen LogP contribution in [0.15, 0.2) is 70.6 Å². The molecule has 0 aromatic heterocycles. The number of benzene rings is 4. The second-order valence-electron chi connectivity index (χ2n) is 6.51. The first-order valence-electron chi connectivity index (χ1n) is 8.33. The Morgan fingerprint density at radius 1 is 0.577 bits per heavy atom. The molecule has 4 aromatic carbocycles. The van der Waals surface area contributed by atoms with Crippen LogP contribution in [0.4, 0.5) is 11.4 Å². The normalized spacial score (nSPS) is 12.8. The van der Waals surface area contributed by atoms with E-state index in [1.165, 1.54) is 11.1 Å². The minimum Gasteiger partial charge on any atom is -0.247 e. The summed E-state index contributed by atoms with van der Waals surface area (Å²) < 4.78 is 0. The number of rotatable bonds is 0. The van der Waals surface area contributed by atoms with Gasteiger partial charge in [-0.25, -0.2) is 9.98 Å². The molecule has 4 heteroatoms. The van der Waals surface area contributed by atoms with E-state index >= 15 is 0 Å². The molecule has 0 saturated carbocycles. The van der Waals surface area contributed by atoms with E-state index in [0.717, 1.165) is 44.0 Å². The zero-order valence-electron chi connectivity index (χ0n) is 13.4. The van der Waals surface area contributed by atoms with Gasteiger partial charge in [-0.05, 0) is 18.2 Å². The van der Waals surface area contributed by atoms with Crippen LogP contribution in [0.1, 0.15) is 0 Å². The van der Waals surface area contributed by atoms with Crippen LogP contribution in [-0.2, 0) is 0 Å². The van der Waals surface area contributed by atoms with Gasteiger partial charge in [-0.2, -0.15) is 0 Å². The second kappa shape index (κ2) is 4.94.